The average Bonchev–Trinajstić information content (AvgIpc) is 2.72. The lowest BCUT2D eigenvalue weighted by atomic mass is 9.96. The Kier molecular flexibility index (Phi) is 2.99. The molecule has 0 aromatic carbocycles. The van der Waals surface area contributed by atoms with Crippen LogP contribution >= 0.6 is 0 Å². The molecule has 0 spiro atoms. The van der Waals surface area contributed by atoms with Gasteiger partial charge in [-0.05, 0) is 30.9 Å². The fourth-order valence-electron chi connectivity index (χ4n) is 1.80. The number of nitrogens with zero attached hydrogens (tertiary/aromatic N) is 1. The maximum atomic E-state index is 11.7. The van der Waals surface area contributed by atoms with Gasteiger partial charge in [0, 0.05) is 32.0 Å². The fourth-order valence-corrected chi connectivity index (χ4v) is 1.80. The van der Waals surface area contributed by atoms with Gasteiger partial charge >= 0.3 is 0 Å². The molecule has 3 nitrogen and oxygen atoms in total. The van der Waals surface area contributed by atoms with Gasteiger partial charge in [0.15, 0.2) is 0 Å². The van der Waals surface area contributed by atoms with E-state index in [0.717, 1.165) is 26.1 Å². The second-order valence-corrected chi connectivity index (χ2v) is 3.74. The molecule has 1 aliphatic heterocycles. The minimum atomic E-state index is 0.196. The molecular weight excluding hydrogens is 178 g/mol. The zero-order valence-corrected chi connectivity index (χ0v) is 8.19. The number of carbonyl (C=O) groups is 1. The summed E-state index contributed by atoms with van der Waals surface area (Å²) in [4.78, 5) is 11.7. The van der Waals surface area contributed by atoms with E-state index in [9.17, 15) is 4.79 Å². The number of rotatable bonds is 2. The van der Waals surface area contributed by atoms with Crippen LogP contribution in [0.15, 0.2) is 24.5 Å². The van der Waals surface area contributed by atoms with Gasteiger partial charge in [0.1, 0.15) is 0 Å². The van der Waals surface area contributed by atoms with E-state index < -0.39 is 0 Å². The van der Waals surface area contributed by atoms with E-state index in [-0.39, 0.29) is 5.91 Å². The zero-order chi connectivity index (χ0) is 9.80. The third kappa shape index (κ3) is 2.23. The lowest BCUT2D eigenvalue weighted by molar-refractivity contribution is 0.0574. The Morgan fingerprint density at radius 2 is 1.93 bits per heavy atom. The van der Waals surface area contributed by atoms with Crippen molar-refractivity contribution < 1.29 is 9.53 Å². The van der Waals surface area contributed by atoms with E-state index in [1.165, 1.54) is 0 Å². The maximum Gasteiger partial charge on any atom is 0.230 e. The van der Waals surface area contributed by atoms with Crippen LogP contribution < -0.4 is 0 Å². The van der Waals surface area contributed by atoms with Gasteiger partial charge in [0.05, 0.1) is 0 Å². The number of carbonyl (C=O) groups excluding carboxylic acids is 1. The molecule has 1 aliphatic rings. The Bertz CT molecular complexity index is 286. The largest absolute Gasteiger partial charge is 0.381 e. The van der Waals surface area contributed by atoms with E-state index in [0.29, 0.717) is 12.3 Å². The highest BCUT2D eigenvalue weighted by Crippen LogP contribution is 2.19. The summed E-state index contributed by atoms with van der Waals surface area (Å²) in [6.45, 7) is 1.62. The molecule has 1 aromatic rings. The first-order valence-corrected chi connectivity index (χ1v) is 5.10. The molecule has 3 heteroatoms. The summed E-state index contributed by atoms with van der Waals surface area (Å²) in [6, 6.07) is 3.75. The molecule has 0 amide bonds. The molecule has 0 unspecified atom stereocenters. The second kappa shape index (κ2) is 4.42. The molecule has 0 bridgehead atoms. The molecular formula is C11H15NO2. The first-order chi connectivity index (χ1) is 6.86. The van der Waals surface area contributed by atoms with E-state index in [1.54, 1.807) is 4.57 Å². The van der Waals surface area contributed by atoms with E-state index >= 15 is 0 Å². The van der Waals surface area contributed by atoms with Crippen molar-refractivity contribution in [1.82, 2.24) is 4.57 Å². The van der Waals surface area contributed by atoms with Crippen LogP contribution in [-0.2, 0) is 4.74 Å². The number of aromatic nitrogens is 1. The molecule has 0 radical (unpaired) electrons. The van der Waals surface area contributed by atoms with Crippen molar-refractivity contribution in [2.75, 3.05) is 13.2 Å². The van der Waals surface area contributed by atoms with Crippen molar-refractivity contribution in [3.8, 4) is 0 Å². The number of hydrogen-bond acceptors (Lipinski definition) is 2. The van der Waals surface area contributed by atoms with Gasteiger partial charge in [-0.3, -0.25) is 9.36 Å². The number of hydrogen-bond donors (Lipinski definition) is 0. The van der Waals surface area contributed by atoms with Crippen LogP contribution in [0.25, 0.3) is 0 Å². The first-order valence-electron chi connectivity index (χ1n) is 5.10. The lowest BCUT2D eigenvalue weighted by Gasteiger charge is -2.21. The lowest BCUT2D eigenvalue weighted by Crippen LogP contribution is -2.20. The molecule has 1 saturated heterocycles. The van der Waals surface area contributed by atoms with Gasteiger partial charge in [0.25, 0.3) is 0 Å². The highest BCUT2D eigenvalue weighted by atomic mass is 16.5. The highest BCUT2D eigenvalue weighted by Gasteiger charge is 2.17. The molecule has 0 saturated carbocycles. The van der Waals surface area contributed by atoms with Gasteiger partial charge in [0.2, 0.25) is 5.91 Å². The maximum absolute atomic E-state index is 11.7. The molecule has 2 rings (SSSR count). The predicted molar refractivity (Wildman–Crippen MR) is 53.2 cm³/mol. The zero-order valence-electron chi connectivity index (χ0n) is 8.19. The predicted octanol–water partition coefficient (Wildman–Crippen LogP) is 1.95. The quantitative estimate of drug-likeness (QED) is 0.718. The van der Waals surface area contributed by atoms with E-state index in [2.05, 4.69) is 0 Å². The summed E-state index contributed by atoms with van der Waals surface area (Å²) in [5, 5.41) is 0. The van der Waals surface area contributed by atoms with Crippen molar-refractivity contribution in [3.63, 3.8) is 0 Å². The number of ether oxygens (including phenoxy) is 1. The second-order valence-electron chi connectivity index (χ2n) is 3.74. The van der Waals surface area contributed by atoms with Gasteiger partial charge in [-0.15, -0.1) is 0 Å². The standard InChI is InChI=1S/C11H15NO2/c13-11(12-5-1-2-6-12)9-10-3-7-14-8-4-10/h1-2,5-6,10H,3-4,7-9H2. The molecule has 2 heterocycles. The highest BCUT2D eigenvalue weighted by molar-refractivity contribution is 5.79. The van der Waals surface area contributed by atoms with Crippen molar-refractivity contribution >= 4 is 5.91 Å². The summed E-state index contributed by atoms with van der Waals surface area (Å²) < 4.78 is 6.92. The van der Waals surface area contributed by atoms with Crippen LogP contribution in [0.1, 0.15) is 24.1 Å². The summed E-state index contributed by atoms with van der Waals surface area (Å²) in [6.07, 6.45) is 6.31. The molecule has 1 aromatic heterocycles. The Hall–Kier alpha value is -1.09. The van der Waals surface area contributed by atoms with Crippen molar-refractivity contribution in [1.29, 1.82) is 0 Å². The van der Waals surface area contributed by atoms with Crippen LogP contribution in [0.3, 0.4) is 0 Å². The SMILES string of the molecule is O=C(CC1CCOCC1)n1cccc1. The van der Waals surface area contributed by atoms with Gasteiger partial charge in [-0.2, -0.15) is 0 Å². The van der Waals surface area contributed by atoms with E-state index in [1.807, 2.05) is 24.5 Å². The van der Waals surface area contributed by atoms with Crippen LogP contribution in [0.5, 0.6) is 0 Å². The molecule has 0 N–H and O–H groups in total. The summed E-state index contributed by atoms with van der Waals surface area (Å²) >= 11 is 0. The smallest absolute Gasteiger partial charge is 0.230 e. The molecule has 1 fully saturated rings. The van der Waals surface area contributed by atoms with Crippen LogP contribution in [0, 0.1) is 5.92 Å². The first kappa shape index (κ1) is 9.46. The molecule has 76 valence electrons. The Balaban J connectivity index is 1.87. The normalized spacial score (nSPS) is 18.3. The third-order valence-corrected chi connectivity index (χ3v) is 2.70. The topological polar surface area (TPSA) is 31.2 Å². The molecule has 0 atom stereocenters. The third-order valence-electron chi connectivity index (χ3n) is 2.70. The molecule has 0 aliphatic carbocycles. The van der Waals surface area contributed by atoms with Crippen LogP contribution in [0.2, 0.25) is 0 Å². The van der Waals surface area contributed by atoms with Crippen molar-refractivity contribution in [3.05, 3.63) is 24.5 Å². The Morgan fingerprint density at radius 1 is 1.29 bits per heavy atom. The monoisotopic (exact) mass is 193 g/mol. The van der Waals surface area contributed by atoms with Crippen molar-refractivity contribution in [2.24, 2.45) is 5.92 Å². The van der Waals surface area contributed by atoms with Gasteiger partial charge < -0.3 is 4.74 Å². The minimum absolute atomic E-state index is 0.196. The average molecular weight is 193 g/mol. The van der Waals surface area contributed by atoms with Gasteiger partial charge in [-0.25, -0.2) is 0 Å². The van der Waals surface area contributed by atoms with Crippen LogP contribution in [-0.4, -0.2) is 23.7 Å². The summed E-state index contributed by atoms with van der Waals surface area (Å²) in [7, 11) is 0. The Labute approximate surface area is 83.7 Å². The van der Waals surface area contributed by atoms with Crippen molar-refractivity contribution in [2.45, 2.75) is 19.3 Å². The van der Waals surface area contributed by atoms with E-state index in [4.69, 9.17) is 4.74 Å². The van der Waals surface area contributed by atoms with Crippen LogP contribution in [0.4, 0.5) is 0 Å². The fraction of sp³-hybridized carbons (Fsp3) is 0.545. The summed E-state index contributed by atoms with van der Waals surface area (Å²) in [5.41, 5.74) is 0. The minimum Gasteiger partial charge on any atom is -0.381 e. The molecule has 14 heavy (non-hydrogen) atoms. The Morgan fingerprint density at radius 3 is 2.57 bits per heavy atom. The summed E-state index contributed by atoms with van der Waals surface area (Å²) in [5.74, 6) is 0.709. The van der Waals surface area contributed by atoms with Gasteiger partial charge in [-0.1, -0.05) is 0 Å².